The van der Waals surface area contributed by atoms with E-state index in [0.29, 0.717) is 12.0 Å². The number of hydrogen-bond acceptors (Lipinski definition) is 1. The maximum absolute atomic E-state index is 4.83. The molecule has 5 heteroatoms. The lowest BCUT2D eigenvalue weighted by Crippen LogP contribution is -2.40. The number of aliphatic imine (C=N–C) groups is 1. The highest BCUT2D eigenvalue weighted by molar-refractivity contribution is 14.0. The maximum atomic E-state index is 4.83. The molecule has 1 fully saturated rings. The molecule has 4 nitrogen and oxygen atoms in total. The van der Waals surface area contributed by atoms with Crippen LogP contribution < -0.4 is 5.32 Å². The second-order valence-electron chi connectivity index (χ2n) is 6.89. The summed E-state index contributed by atoms with van der Waals surface area (Å²) in [6, 6.07) is 10.6. The second-order valence-corrected chi connectivity index (χ2v) is 6.89. The number of aromatic nitrogens is 1. The minimum Gasteiger partial charge on any atom is -0.357 e. The van der Waals surface area contributed by atoms with Crippen LogP contribution in [-0.2, 0) is 6.54 Å². The van der Waals surface area contributed by atoms with Gasteiger partial charge in [-0.1, -0.05) is 32.0 Å². The van der Waals surface area contributed by atoms with Gasteiger partial charge in [-0.15, -0.1) is 24.0 Å². The quantitative estimate of drug-likeness (QED) is 0.443. The van der Waals surface area contributed by atoms with Crippen molar-refractivity contribution >= 4 is 40.8 Å². The Hall–Kier alpha value is -1.24. The highest BCUT2D eigenvalue weighted by atomic mass is 127. The summed E-state index contributed by atoms with van der Waals surface area (Å²) in [7, 11) is 0. The lowest BCUT2D eigenvalue weighted by atomic mass is 9.93. The van der Waals surface area contributed by atoms with Crippen molar-refractivity contribution in [3.63, 3.8) is 0 Å². The summed E-state index contributed by atoms with van der Waals surface area (Å²) >= 11 is 0. The van der Waals surface area contributed by atoms with Gasteiger partial charge in [0.05, 0.1) is 6.54 Å². The van der Waals surface area contributed by atoms with E-state index < -0.39 is 0 Å². The predicted octanol–water partition coefficient (Wildman–Crippen LogP) is 3.98. The molecular formula is C18H27IN4. The fourth-order valence-corrected chi connectivity index (χ4v) is 3.10. The monoisotopic (exact) mass is 426 g/mol. The highest BCUT2D eigenvalue weighted by Gasteiger charge is 2.30. The van der Waals surface area contributed by atoms with Crippen LogP contribution in [0.3, 0.4) is 0 Å². The molecule has 2 heterocycles. The molecule has 3 rings (SSSR count). The number of halogens is 1. The summed E-state index contributed by atoms with van der Waals surface area (Å²) in [5, 5.41) is 4.68. The number of para-hydroxylation sites is 1. The minimum absolute atomic E-state index is 0. The summed E-state index contributed by atoms with van der Waals surface area (Å²) in [5.41, 5.74) is 2.73. The van der Waals surface area contributed by atoms with Gasteiger partial charge >= 0.3 is 0 Å². The van der Waals surface area contributed by atoms with Gasteiger partial charge in [0.15, 0.2) is 5.96 Å². The summed E-state index contributed by atoms with van der Waals surface area (Å²) in [6.45, 7) is 10.5. The Bertz CT molecular complexity index is 641. The molecular weight excluding hydrogens is 399 g/mol. The molecule has 0 unspecified atom stereocenters. The Morgan fingerprint density at radius 3 is 2.78 bits per heavy atom. The normalized spacial score (nSPS) is 17.3. The van der Waals surface area contributed by atoms with Crippen LogP contribution in [0.1, 0.15) is 32.9 Å². The van der Waals surface area contributed by atoms with Gasteiger partial charge in [0.25, 0.3) is 0 Å². The fraction of sp³-hybridized carbons (Fsp3) is 0.500. The minimum atomic E-state index is 0. The zero-order valence-corrected chi connectivity index (χ0v) is 16.6. The van der Waals surface area contributed by atoms with E-state index in [1.54, 1.807) is 0 Å². The number of likely N-dealkylation sites (tertiary alicyclic amines) is 1. The number of H-pyrrole nitrogens is 1. The Morgan fingerprint density at radius 2 is 2.13 bits per heavy atom. The van der Waals surface area contributed by atoms with Crippen molar-refractivity contribution in [1.29, 1.82) is 0 Å². The molecule has 23 heavy (non-hydrogen) atoms. The van der Waals surface area contributed by atoms with Crippen LogP contribution in [0.15, 0.2) is 35.3 Å². The molecule has 0 amide bonds. The molecule has 0 atom stereocenters. The second kappa shape index (κ2) is 7.55. The van der Waals surface area contributed by atoms with Gasteiger partial charge in [-0.05, 0) is 36.3 Å². The number of nitrogens with one attached hydrogen (secondary N) is 2. The first-order valence-corrected chi connectivity index (χ1v) is 8.17. The van der Waals surface area contributed by atoms with Crippen LogP contribution in [0.2, 0.25) is 0 Å². The number of benzene rings is 1. The Balaban J connectivity index is 0.00000192. The average Bonchev–Trinajstić information content (AvgIpc) is 3.06. The van der Waals surface area contributed by atoms with E-state index >= 15 is 0 Å². The van der Waals surface area contributed by atoms with E-state index in [-0.39, 0.29) is 24.0 Å². The zero-order valence-electron chi connectivity index (χ0n) is 14.2. The van der Waals surface area contributed by atoms with Crippen LogP contribution in [0.4, 0.5) is 0 Å². The first-order valence-electron chi connectivity index (χ1n) is 8.17. The molecule has 1 aromatic heterocycles. The van der Waals surface area contributed by atoms with Crippen molar-refractivity contribution in [2.45, 2.75) is 33.7 Å². The Kier molecular flexibility index (Phi) is 5.95. The molecule has 0 aliphatic carbocycles. The van der Waals surface area contributed by atoms with E-state index in [1.807, 2.05) is 0 Å². The van der Waals surface area contributed by atoms with Gasteiger partial charge in [0.1, 0.15) is 0 Å². The maximum Gasteiger partial charge on any atom is 0.194 e. The van der Waals surface area contributed by atoms with E-state index in [1.165, 1.54) is 17.3 Å². The molecule has 1 aliphatic rings. The predicted molar refractivity (Wildman–Crippen MR) is 109 cm³/mol. The SMILES string of the molecule is CCNC(=NCc1cc2ccccc2[nH]1)N1CCC(C)(C)C1.I. The number of rotatable bonds is 3. The van der Waals surface area contributed by atoms with E-state index in [2.05, 4.69) is 66.3 Å². The molecule has 126 valence electrons. The molecule has 2 aromatic rings. The van der Waals surface area contributed by atoms with Crippen molar-refractivity contribution in [3.8, 4) is 0 Å². The van der Waals surface area contributed by atoms with Crippen molar-refractivity contribution < 1.29 is 0 Å². The zero-order chi connectivity index (χ0) is 15.6. The van der Waals surface area contributed by atoms with Crippen LogP contribution >= 0.6 is 24.0 Å². The van der Waals surface area contributed by atoms with Crippen molar-refractivity contribution in [1.82, 2.24) is 15.2 Å². The third-order valence-electron chi connectivity index (χ3n) is 4.30. The lowest BCUT2D eigenvalue weighted by Gasteiger charge is -2.23. The van der Waals surface area contributed by atoms with Gasteiger partial charge in [-0.2, -0.15) is 0 Å². The number of guanidine groups is 1. The third-order valence-corrected chi connectivity index (χ3v) is 4.30. The molecule has 2 N–H and O–H groups in total. The molecule has 0 spiro atoms. The van der Waals surface area contributed by atoms with Crippen molar-refractivity contribution in [3.05, 3.63) is 36.0 Å². The van der Waals surface area contributed by atoms with Crippen LogP contribution in [0.25, 0.3) is 10.9 Å². The van der Waals surface area contributed by atoms with E-state index in [4.69, 9.17) is 4.99 Å². The summed E-state index contributed by atoms with van der Waals surface area (Å²) in [5.74, 6) is 1.03. The summed E-state index contributed by atoms with van der Waals surface area (Å²) in [6.07, 6.45) is 1.23. The van der Waals surface area contributed by atoms with Crippen LogP contribution in [0.5, 0.6) is 0 Å². The van der Waals surface area contributed by atoms with Gasteiger partial charge in [0, 0.05) is 30.8 Å². The Labute approximate surface area is 155 Å². The lowest BCUT2D eigenvalue weighted by molar-refractivity contribution is 0.370. The van der Waals surface area contributed by atoms with Crippen molar-refractivity contribution in [2.75, 3.05) is 19.6 Å². The standard InChI is InChI=1S/C18H26N4.HI/c1-4-19-17(22-10-9-18(2,3)13-22)20-12-15-11-14-7-5-6-8-16(14)21-15;/h5-8,11,21H,4,9-10,12-13H2,1-3H3,(H,19,20);1H. The largest absolute Gasteiger partial charge is 0.357 e. The molecule has 1 aromatic carbocycles. The van der Waals surface area contributed by atoms with Crippen molar-refractivity contribution in [2.24, 2.45) is 10.4 Å². The van der Waals surface area contributed by atoms with Gasteiger partial charge in [0.2, 0.25) is 0 Å². The number of nitrogens with zero attached hydrogens (tertiary/aromatic N) is 2. The molecule has 1 aliphatic heterocycles. The van der Waals surface area contributed by atoms with E-state index in [9.17, 15) is 0 Å². The average molecular weight is 426 g/mol. The van der Waals surface area contributed by atoms with E-state index in [0.717, 1.165) is 31.3 Å². The Morgan fingerprint density at radius 1 is 1.35 bits per heavy atom. The number of fused-ring (bicyclic) bond motifs is 1. The smallest absolute Gasteiger partial charge is 0.194 e. The van der Waals surface area contributed by atoms with Gasteiger partial charge in [-0.25, -0.2) is 4.99 Å². The first kappa shape index (κ1) is 18.1. The molecule has 0 bridgehead atoms. The summed E-state index contributed by atoms with van der Waals surface area (Å²) in [4.78, 5) is 10.7. The third kappa shape index (κ3) is 4.40. The topological polar surface area (TPSA) is 43.4 Å². The molecule has 0 saturated carbocycles. The number of hydrogen-bond donors (Lipinski definition) is 2. The first-order chi connectivity index (χ1) is 10.6. The van der Waals surface area contributed by atoms with Gasteiger partial charge < -0.3 is 15.2 Å². The van der Waals surface area contributed by atoms with Gasteiger partial charge in [-0.3, -0.25) is 0 Å². The van der Waals surface area contributed by atoms with Crippen LogP contribution in [-0.4, -0.2) is 35.5 Å². The number of aromatic amines is 1. The fourth-order valence-electron chi connectivity index (χ4n) is 3.10. The molecule has 1 saturated heterocycles. The summed E-state index contributed by atoms with van der Waals surface area (Å²) < 4.78 is 0. The highest BCUT2D eigenvalue weighted by Crippen LogP contribution is 2.28. The van der Waals surface area contributed by atoms with Crippen LogP contribution in [0, 0.1) is 5.41 Å². The molecule has 0 radical (unpaired) electrons.